The third-order valence-corrected chi connectivity index (χ3v) is 3.46. The van der Waals surface area contributed by atoms with Gasteiger partial charge >= 0.3 is 0 Å². The van der Waals surface area contributed by atoms with Crippen LogP contribution in [0.1, 0.15) is 5.56 Å². The first kappa shape index (κ1) is 12.3. The van der Waals surface area contributed by atoms with Gasteiger partial charge in [0.15, 0.2) is 0 Å². The van der Waals surface area contributed by atoms with Crippen LogP contribution in [0, 0.1) is 5.82 Å². The van der Waals surface area contributed by atoms with E-state index in [0.29, 0.717) is 17.9 Å². The Morgan fingerprint density at radius 3 is 2.84 bits per heavy atom. The van der Waals surface area contributed by atoms with Crippen molar-refractivity contribution in [3.8, 4) is 11.4 Å². The van der Waals surface area contributed by atoms with Crippen molar-refractivity contribution in [2.24, 2.45) is 5.73 Å². The van der Waals surface area contributed by atoms with Gasteiger partial charge in [-0.1, -0.05) is 22.0 Å². The van der Waals surface area contributed by atoms with Gasteiger partial charge in [0.05, 0.1) is 16.6 Å². The number of H-pyrrole nitrogens is 1. The summed E-state index contributed by atoms with van der Waals surface area (Å²) in [5.41, 5.74) is 8.71. The number of halogens is 2. The van der Waals surface area contributed by atoms with Crippen molar-refractivity contribution in [2.45, 2.75) is 6.54 Å². The maximum Gasteiger partial charge on any atom is 0.141 e. The van der Waals surface area contributed by atoms with E-state index in [2.05, 4.69) is 25.9 Å². The van der Waals surface area contributed by atoms with Gasteiger partial charge in [-0.15, -0.1) is 0 Å². The molecule has 0 bridgehead atoms. The fourth-order valence-corrected chi connectivity index (χ4v) is 2.35. The van der Waals surface area contributed by atoms with Crippen LogP contribution in [0.2, 0.25) is 0 Å². The van der Waals surface area contributed by atoms with Crippen LogP contribution in [0.3, 0.4) is 0 Å². The van der Waals surface area contributed by atoms with E-state index in [-0.39, 0.29) is 5.82 Å². The lowest BCUT2D eigenvalue weighted by Gasteiger charge is -1.99. The first-order chi connectivity index (χ1) is 9.17. The largest absolute Gasteiger partial charge is 0.338 e. The molecule has 3 rings (SSSR count). The summed E-state index contributed by atoms with van der Waals surface area (Å²) in [7, 11) is 0. The summed E-state index contributed by atoms with van der Waals surface area (Å²) >= 11 is 3.34. The van der Waals surface area contributed by atoms with Crippen molar-refractivity contribution in [1.82, 2.24) is 9.97 Å². The first-order valence-electron chi connectivity index (χ1n) is 5.81. The minimum Gasteiger partial charge on any atom is -0.338 e. The van der Waals surface area contributed by atoms with Crippen LogP contribution in [0.25, 0.3) is 22.4 Å². The summed E-state index contributed by atoms with van der Waals surface area (Å²) < 4.78 is 14.6. The van der Waals surface area contributed by atoms with Gasteiger partial charge in [0.2, 0.25) is 0 Å². The minimum absolute atomic E-state index is 0.304. The van der Waals surface area contributed by atoms with E-state index >= 15 is 0 Å². The van der Waals surface area contributed by atoms with Gasteiger partial charge in [0, 0.05) is 11.0 Å². The quantitative estimate of drug-likeness (QED) is 0.758. The molecular formula is C14H11BrFN3. The van der Waals surface area contributed by atoms with Crippen LogP contribution < -0.4 is 5.73 Å². The zero-order valence-corrected chi connectivity index (χ0v) is 11.5. The zero-order valence-electron chi connectivity index (χ0n) is 9.95. The molecule has 0 saturated carbocycles. The number of nitrogens with one attached hydrogen (secondary N) is 1. The molecule has 19 heavy (non-hydrogen) atoms. The molecular weight excluding hydrogens is 309 g/mol. The van der Waals surface area contributed by atoms with Crippen LogP contribution >= 0.6 is 15.9 Å². The highest BCUT2D eigenvalue weighted by atomic mass is 79.9. The van der Waals surface area contributed by atoms with E-state index in [4.69, 9.17) is 5.73 Å². The van der Waals surface area contributed by atoms with E-state index < -0.39 is 0 Å². The average Bonchev–Trinajstić information content (AvgIpc) is 2.83. The molecule has 0 aliphatic carbocycles. The molecule has 0 radical (unpaired) electrons. The number of aromatic amines is 1. The van der Waals surface area contributed by atoms with Gasteiger partial charge in [0.1, 0.15) is 11.6 Å². The Labute approximate surface area is 117 Å². The Bertz CT molecular complexity index is 752. The van der Waals surface area contributed by atoms with Gasteiger partial charge < -0.3 is 10.7 Å². The predicted octanol–water partition coefficient (Wildman–Crippen LogP) is 3.59. The van der Waals surface area contributed by atoms with E-state index in [1.54, 1.807) is 12.1 Å². The minimum atomic E-state index is -0.304. The Balaban J connectivity index is 2.17. The van der Waals surface area contributed by atoms with E-state index in [0.717, 1.165) is 21.1 Å². The van der Waals surface area contributed by atoms with Crippen molar-refractivity contribution in [1.29, 1.82) is 0 Å². The highest BCUT2D eigenvalue weighted by molar-refractivity contribution is 9.10. The van der Waals surface area contributed by atoms with Gasteiger partial charge in [-0.05, 0) is 35.9 Å². The van der Waals surface area contributed by atoms with Crippen LogP contribution in [-0.4, -0.2) is 9.97 Å². The molecule has 0 amide bonds. The lowest BCUT2D eigenvalue weighted by atomic mass is 10.2. The van der Waals surface area contributed by atoms with Gasteiger partial charge in [-0.25, -0.2) is 9.37 Å². The number of aromatic nitrogens is 2. The second-order valence-electron chi connectivity index (χ2n) is 4.27. The third-order valence-electron chi connectivity index (χ3n) is 2.97. The summed E-state index contributed by atoms with van der Waals surface area (Å²) in [6.45, 7) is 0.468. The summed E-state index contributed by atoms with van der Waals surface area (Å²) in [6, 6.07) is 10.5. The Morgan fingerprint density at radius 1 is 1.21 bits per heavy atom. The molecule has 1 heterocycles. The van der Waals surface area contributed by atoms with E-state index in [1.165, 1.54) is 6.07 Å². The monoisotopic (exact) mass is 319 g/mol. The second-order valence-corrected chi connectivity index (χ2v) is 5.18. The summed E-state index contributed by atoms with van der Waals surface area (Å²) in [5, 5.41) is 0. The number of nitrogens with two attached hydrogens (primary N) is 1. The molecule has 1 aromatic heterocycles. The standard InChI is InChI=1S/C14H11BrFN3/c15-9-2-3-11(16)10(6-9)14-18-12-4-1-8(7-17)5-13(12)19-14/h1-6H,7,17H2,(H,18,19). The molecule has 3 N–H and O–H groups in total. The SMILES string of the molecule is NCc1ccc2nc(-c3cc(Br)ccc3F)[nH]c2c1. The zero-order chi connectivity index (χ0) is 13.4. The molecule has 0 unspecified atom stereocenters. The van der Waals surface area contributed by atoms with Crippen molar-refractivity contribution in [2.75, 3.05) is 0 Å². The fraction of sp³-hybridized carbons (Fsp3) is 0.0714. The number of benzene rings is 2. The van der Waals surface area contributed by atoms with Crippen molar-refractivity contribution in [3.63, 3.8) is 0 Å². The number of hydrogen-bond acceptors (Lipinski definition) is 2. The van der Waals surface area contributed by atoms with Gasteiger partial charge in [-0.2, -0.15) is 0 Å². The molecule has 0 atom stereocenters. The average molecular weight is 320 g/mol. The Morgan fingerprint density at radius 2 is 2.05 bits per heavy atom. The Kier molecular flexibility index (Phi) is 3.08. The lowest BCUT2D eigenvalue weighted by Crippen LogP contribution is -1.95. The maximum atomic E-state index is 13.8. The van der Waals surface area contributed by atoms with Crippen molar-refractivity contribution >= 4 is 27.0 Å². The number of fused-ring (bicyclic) bond motifs is 1. The van der Waals surface area contributed by atoms with Gasteiger partial charge in [0.25, 0.3) is 0 Å². The number of imidazole rings is 1. The smallest absolute Gasteiger partial charge is 0.141 e. The molecule has 5 heteroatoms. The molecule has 0 aliphatic heterocycles. The third kappa shape index (κ3) is 2.27. The van der Waals surface area contributed by atoms with Crippen LogP contribution in [-0.2, 0) is 6.54 Å². The topological polar surface area (TPSA) is 54.7 Å². The summed E-state index contributed by atoms with van der Waals surface area (Å²) in [6.07, 6.45) is 0. The predicted molar refractivity (Wildman–Crippen MR) is 77.1 cm³/mol. The first-order valence-corrected chi connectivity index (χ1v) is 6.61. The van der Waals surface area contributed by atoms with E-state index in [9.17, 15) is 4.39 Å². The molecule has 96 valence electrons. The number of nitrogens with zero attached hydrogens (tertiary/aromatic N) is 1. The summed E-state index contributed by atoms with van der Waals surface area (Å²) in [5.74, 6) is 0.212. The molecule has 3 aromatic rings. The summed E-state index contributed by atoms with van der Waals surface area (Å²) in [4.78, 5) is 7.53. The van der Waals surface area contributed by atoms with Crippen molar-refractivity contribution in [3.05, 3.63) is 52.3 Å². The molecule has 0 fully saturated rings. The number of hydrogen-bond donors (Lipinski definition) is 2. The number of rotatable bonds is 2. The van der Waals surface area contributed by atoms with Crippen LogP contribution in [0.5, 0.6) is 0 Å². The fourth-order valence-electron chi connectivity index (χ4n) is 1.99. The van der Waals surface area contributed by atoms with Crippen LogP contribution in [0.15, 0.2) is 40.9 Å². The maximum absolute atomic E-state index is 13.8. The normalized spacial score (nSPS) is 11.1. The molecule has 0 saturated heterocycles. The molecule has 0 aliphatic rings. The van der Waals surface area contributed by atoms with Crippen molar-refractivity contribution < 1.29 is 4.39 Å². The molecule has 3 nitrogen and oxygen atoms in total. The van der Waals surface area contributed by atoms with Gasteiger partial charge in [-0.3, -0.25) is 0 Å². The second kappa shape index (κ2) is 4.75. The molecule has 2 aromatic carbocycles. The highest BCUT2D eigenvalue weighted by Gasteiger charge is 2.10. The highest BCUT2D eigenvalue weighted by Crippen LogP contribution is 2.26. The Hall–Kier alpha value is -1.72. The lowest BCUT2D eigenvalue weighted by molar-refractivity contribution is 0.630. The molecule has 0 spiro atoms. The van der Waals surface area contributed by atoms with E-state index in [1.807, 2.05) is 18.2 Å². The van der Waals surface area contributed by atoms with Crippen LogP contribution in [0.4, 0.5) is 4.39 Å².